The second-order valence-electron chi connectivity index (χ2n) is 7.47. The molecule has 0 spiro atoms. The highest BCUT2D eigenvalue weighted by atomic mass is 16.5. The van der Waals surface area contributed by atoms with Crippen molar-refractivity contribution in [2.24, 2.45) is 0 Å². The molecule has 4 N–H and O–H groups in total. The lowest BCUT2D eigenvalue weighted by Gasteiger charge is -2.03. The summed E-state index contributed by atoms with van der Waals surface area (Å²) in [4.78, 5) is 0. The average Bonchev–Trinajstić information content (AvgIpc) is 2.96. The van der Waals surface area contributed by atoms with E-state index >= 15 is 0 Å². The van der Waals surface area contributed by atoms with Crippen molar-refractivity contribution in [3.05, 3.63) is 0 Å². The third kappa shape index (κ3) is 67.3. The molecule has 0 rings (SSSR count). The Morgan fingerprint density at radius 1 is 0.359 bits per heavy atom. The topological polar surface area (TPSA) is 155 Å². The number of ether oxygens (including phenoxy) is 8. The summed E-state index contributed by atoms with van der Waals surface area (Å²) in [6, 6.07) is 0. The predicted octanol–water partition coefficient (Wildman–Crippen LogP) is 1.30. The van der Waals surface area contributed by atoms with Crippen molar-refractivity contribution in [2.45, 2.75) is 46.5 Å². The van der Waals surface area contributed by atoms with E-state index in [1.165, 1.54) is 0 Å². The first-order valence-corrected chi connectivity index (χ1v) is 14.1. The van der Waals surface area contributed by atoms with Gasteiger partial charge in [0, 0.05) is 26.9 Å². The average molecular weight is 579 g/mol. The van der Waals surface area contributed by atoms with Crippen molar-refractivity contribution in [3.8, 4) is 0 Å². The highest BCUT2D eigenvalue weighted by Crippen LogP contribution is 1.87. The summed E-state index contributed by atoms with van der Waals surface area (Å²) in [6.07, 6.45) is 4.53. The van der Waals surface area contributed by atoms with Crippen molar-refractivity contribution in [1.29, 1.82) is 0 Å². The van der Waals surface area contributed by atoms with E-state index in [0.29, 0.717) is 79.3 Å². The number of aliphatic hydroxyl groups is 4. The summed E-state index contributed by atoms with van der Waals surface area (Å²) in [5.74, 6) is 0. The summed E-state index contributed by atoms with van der Waals surface area (Å²) >= 11 is 0. The number of unbranched alkanes of at least 4 members (excludes halogenated alkanes) is 2. The molecule has 0 bridgehead atoms. The summed E-state index contributed by atoms with van der Waals surface area (Å²) < 4.78 is 39.9. The molecule has 12 nitrogen and oxygen atoms in total. The van der Waals surface area contributed by atoms with Gasteiger partial charge < -0.3 is 58.3 Å². The first-order chi connectivity index (χ1) is 19.2. The Kier molecular flexibility index (Phi) is 62.7. The first kappa shape index (κ1) is 45.5. The Morgan fingerprint density at radius 2 is 0.641 bits per heavy atom. The Morgan fingerprint density at radius 3 is 0.949 bits per heavy atom. The van der Waals surface area contributed by atoms with Gasteiger partial charge in [-0.3, -0.25) is 0 Å². The second kappa shape index (κ2) is 53.7. The van der Waals surface area contributed by atoms with Gasteiger partial charge >= 0.3 is 0 Å². The first-order valence-electron chi connectivity index (χ1n) is 14.1. The van der Waals surface area contributed by atoms with E-state index < -0.39 is 0 Å². The van der Waals surface area contributed by atoms with Gasteiger partial charge in [-0.2, -0.15) is 0 Å². The molecule has 0 aliphatic carbocycles. The molecule has 0 aromatic rings. The molecule has 0 saturated carbocycles. The van der Waals surface area contributed by atoms with Gasteiger partial charge in [-0.15, -0.1) is 0 Å². The van der Waals surface area contributed by atoms with Crippen molar-refractivity contribution >= 4 is 0 Å². The molecule has 0 aromatic heterocycles. The van der Waals surface area contributed by atoms with Gasteiger partial charge in [0.15, 0.2) is 0 Å². The van der Waals surface area contributed by atoms with Crippen LogP contribution in [0.25, 0.3) is 0 Å². The molecule has 0 atom stereocenters. The fraction of sp³-hybridized carbons (Fsp3) is 1.00. The summed E-state index contributed by atoms with van der Waals surface area (Å²) in [7, 11) is 1.63. The molecule has 0 heterocycles. The predicted molar refractivity (Wildman–Crippen MR) is 151 cm³/mol. The van der Waals surface area contributed by atoms with E-state index in [1.807, 2.05) is 6.92 Å². The van der Waals surface area contributed by atoms with Crippen LogP contribution < -0.4 is 0 Å². The summed E-state index contributed by atoms with van der Waals surface area (Å²) in [5, 5.41) is 33.2. The monoisotopic (exact) mass is 578 g/mol. The Bertz CT molecular complexity index is 296. The lowest BCUT2D eigenvalue weighted by Crippen LogP contribution is -2.09. The molecule has 242 valence electrons. The van der Waals surface area contributed by atoms with Gasteiger partial charge in [0.1, 0.15) is 0 Å². The molecule has 12 heteroatoms. The van der Waals surface area contributed by atoms with Crippen molar-refractivity contribution < 1.29 is 58.3 Å². The van der Waals surface area contributed by atoms with Crippen LogP contribution in [0.4, 0.5) is 0 Å². The van der Waals surface area contributed by atoms with E-state index in [-0.39, 0.29) is 26.4 Å². The van der Waals surface area contributed by atoms with Crippen LogP contribution in [0.5, 0.6) is 0 Å². The smallest absolute Gasteiger partial charge is 0.0701 e. The van der Waals surface area contributed by atoms with Crippen molar-refractivity contribution in [3.63, 3.8) is 0 Å². The molecular weight excluding hydrogens is 516 g/mol. The minimum atomic E-state index is 0.0675. The quantitative estimate of drug-likeness (QED) is 0.104. The highest BCUT2D eigenvalue weighted by molar-refractivity contribution is 4.34. The van der Waals surface area contributed by atoms with Crippen LogP contribution in [-0.4, -0.2) is 153 Å². The maximum atomic E-state index is 8.34. The van der Waals surface area contributed by atoms with E-state index in [1.54, 1.807) is 7.11 Å². The van der Waals surface area contributed by atoms with Crippen molar-refractivity contribution in [2.75, 3.05) is 133 Å². The van der Waals surface area contributed by atoms with Gasteiger partial charge in [0.25, 0.3) is 0 Å². The third-order valence-corrected chi connectivity index (χ3v) is 3.98. The number of rotatable bonds is 27. The highest BCUT2D eigenvalue weighted by Gasteiger charge is 1.89. The zero-order valence-corrected chi connectivity index (χ0v) is 25.3. The SMILES string of the molecule is CCCCOCCO.CCCCOCCOCCO.CCOCCOCCO.COCCOCCOCCO. The van der Waals surface area contributed by atoms with E-state index in [4.69, 9.17) is 58.3 Å². The van der Waals surface area contributed by atoms with Gasteiger partial charge in [-0.1, -0.05) is 26.7 Å². The molecular formula is C27H62O12. The molecule has 0 radical (unpaired) electrons. The van der Waals surface area contributed by atoms with Crippen LogP contribution in [0.1, 0.15) is 46.5 Å². The third-order valence-electron chi connectivity index (χ3n) is 3.98. The second-order valence-corrected chi connectivity index (χ2v) is 7.47. The summed E-state index contributed by atoms with van der Waals surface area (Å²) in [5.41, 5.74) is 0. The Balaban J connectivity index is -0.000000211. The van der Waals surface area contributed by atoms with Crippen LogP contribution in [0, 0.1) is 0 Å². The standard InChI is InChI=1S/C8H18O3.C7H16O4.C6H14O3.C6H14O2/c1-2-3-5-10-7-8-11-6-4-9;1-9-4-5-11-7-6-10-3-2-8;1-2-8-5-6-9-4-3-7;1-2-3-5-8-6-4-7/h9H,2-8H2,1H3;8H,2-7H2,1H3;7H,2-6H2,1H3;7H,2-6H2,1H3. The summed E-state index contributed by atoms with van der Waals surface area (Å²) in [6.45, 7) is 15.3. The van der Waals surface area contributed by atoms with Crippen LogP contribution in [0.2, 0.25) is 0 Å². The number of aliphatic hydroxyl groups excluding tert-OH is 4. The van der Waals surface area contributed by atoms with Crippen molar-refractivity contribution in [1.82, 2.24) is 0 Å². The largest absolute Gasteiger partial charge is 0.394 e. The van der Waals surface area contributed by atoms with Gasteiger partial charge in [0.05, 0.1) is 106 Å². The molecule has 0 aromatic carbocycles. The van der Waals surface area contributed by atoms with Crippen LogP contribution >= 0.6 is 0 Å². The van der Waals surface area contributed by atoms with Gasteiger partial charge in [-0.05, 0) is 19.8 Å². The fourth-order valence-electron chi connectivity index (χ4n) is 2.00. The van der Waals surface area contributed by atoms with E-state index in [2.05, 4.69) is 13.8 Å². The maximum Gasteiger partial charge on any atom is 0.0701 e. The molecule has 0 amide bonds. The van der Waals surface area contributed by atoms with Crippen LogP contribution in [0.15, 0.2) is 0 Å². The fourth-order valence-corrected chi connectivity index (χ4v) is 2.00. The molecule has 0 fully saturated rings. The number of hydrogen-bond acceptors (Lipinski definition) is 12. The van der Waals surface area contributed by atoms with Crippen LogP contribution in [-0.2, 0) is 37.9 Å². The molecule has 0 aliphatic rings. The Hall–Kier alpha value is -0.480. The zero-order valence-electron chi connectivity index (χ0n) is 25.3. The Labute approximate surface area is 237 Å². The molecule has 0 saturated heterocycles. The lowest BCUT2D eigenvalue weighted by molar-refractivity contribution is 0.0159. The van der Waals surface area contributed by atoms with Crippen LogP contribution in [0.3, 0.4) is 0 Å². The normalized spacial score (nSPS) is 10.2. The number of methoxy groups -OCH3 is 1. The minimum Gasteiger partial charge on any atom is -0.394 e. The lowest BCUT2D eigenvalue weighted by atomic mass is 10.4. The number of hydrogen-bond donors (Lipinski definition) is 4. The maximum absolute atomic E-state index is 8.34. The molecule has 0 aliphatic heterocycles. The molecule has 0 unspecified atom stereocenters. The molecule has 39 heavy (non-hydrogen) atoms. The van der Waals surface area contributed by atoms with E-state index in [9.17, 15) is 0 Å². The van der Waals surface area contributed by atoms with Gasteiger partial charge in [0.2, 0.25) is 0 Å². The zero-order chi connectivity index (χ0) is 29.9. The minimum absolute atomic E-state index is 0.0675. The van der Waals surface area contributed by atoms with Gasteiger partial charge in [-0.25, -0.2) is 0 Å². The van der Waals surface area contributed by atoms with E-state index in [0.717, 1.165) is 45.5 Å².